The van der Waals surface area contributed by atoms with Crippen molar-refractivity contribution in [3.8, 4) is 0 Å². The summed E-state index contributed by atoms with van der Waals surface area (Å²) in [4.78, 5) is 28.8. The lowest BCUT2D eigenvalue weighted by molar-refractivity contribution is -0.122. The van der Waals surface area contributed by atoms with Crippen molar-refractivity contribution in [2.75, 3.05) is 16.8 Å². The minimum Gasteiger partial charge on any atom is -0.336 e. The Kier molecular flexibility index (Phi) is 7.19. The molecule has 1 N–H and O–H groups in total. The van der Waals surface area contributed by atoms with Gasteiger partial charge in [0.25, 0.3) is 5.91 Å². The quantitative estimate of drug-likeness (QED) is 0.373. The van der Waals surface area contributed by atoms with Gasteiger partial charge < -0.3 is 10.2 Å². The fraction of sp³-hybridized carbons (Fsp3) is 0.160. The molecule has 0 spiro atoms. The van der Waals surface area contributed by atoms with Crippen LogP contribution in [-0.4, -0.2) is 34.4 Å². The van der Waals surface area contributed by atoms with E-state index in [9.17, 15) is 18.4 Å². The number of carbonyl (C=O) groups excluding carboxylic acids is 2. The van der Waals surface area contributed by atoms with Crippen LogP contribution in [0.2, 0.25) is 5.02 Å². The summed E-state index contributed by atoms with van der Waals surface area (Å²) in [7, 11) is 0. The number of hydrogen-bond acceptors (Lipinski definition) is 3. The lowest BCUT2D eigenvalue weighted by atomic mass is 10.1. The van der Waals surface area contributed by atoms with Crippen LogP contribution in [0.15, 0.2) is 72.8 Å². The first kappa shape index (κ1) is 23.8. The Morgan fingerprint density at radius 1 is 0.971 bits per heavy atom. The number of nitrogens with one attached hydrogen (secondary N) is 1. The fourth-order valence-corrected chi connectivity index (χ4v) is 4.21. The SMILES string of the molecule is O=C1CC(N(CCc2ccc(Cl)cc2)C(=S)Nc2ccc(F)cc2)C(=O)N1c1ccc(F)cc1. The molecule has 1 heterocycles. The number of hydrogen-bond donors (Lipinski definition) is 1. The molecule has 1 unspecified atom stereocenters. The molecule has 1 atom stereocenters. The van der Waals surface area contributed by atoms with E-state index in [4.69, 9.17) is 23.8 Å². The molecule has 0 aromatic heterocycles. The van der Waals surface area contributed by atoms with E-state index in [1.54, 1.807) is 17.0 Å². The van der Waals surface area contributed by atoms with Gasteiger partial charge in [-0.05, 0) is 84.9 Å². The van der Waals surface area contributed by atoms with E-state index in [1.807, 2.05) is 12.1 Å². The topological polar surface area (TPSA) is 52.7 Å². The standard InChI is InChI=1S/C25H20ClF2N3O2S/c26-17-3-1-16(2-4-17)13-14-30(25(34)29-20-9-5-18(27)6-10-20)22-15-23(32)31(24(22)33)21-11-7-19(28)8-12-21/h1-12,22H,13-15H2,(H,29,34). The zero-order valence-corrected chi connectivity index (χ0v) is 19.5. The number of amides is 2. The van der Waals surface area contributed by atoms with Gasteiger partial charge in [-0.2, -0.15) is 0 Å². The first-order valence-corrected chi connectivity index (χ1v) is 11.3. The van der Waals surface area contributed by atoms with Crippen LogP contribution in [0.5, 0.6) is 0 Å². The van der Waals surface area contributed by atoms with Crippen LogP contribution in [0.4, 0.5) is 20.2 Å². The normalized spacial score (nSPS) is 15.5. The Bertz CT molecular complexity index is 1200. The van der Waals surface area contributed by atoms with Crippen LogP contribution in [0, 0.1) is 11.6 Å². The zero-order chi connectivity index (χ0) is 24.2. The molecule has 3 aromatic rings. The van der Waals surface area contributed by atoms with Gasteiger partial charge in [0, 0.05) is 17.3 Å². The van der Waals surface area contributed by atoms with E-state index < -0.39 is 23.7 Å². The van der Waals surface area contributed by atoms with E-state index in [1.165, 1.54) is 48.5 Å². The van der Waals surface area contributed by atoms with Crippen LogP contribution in [0.1, 0.15) is 12.0 Å². The Morgan fingerprint density at radius 2 is 1.56 bits per heavy atom. The third kappa shape index (κ3) is 5.40. The largest absolute Gasteiger partial charge is 0.336 e. The minimum atomic E-state index is -0.842. The molecule has 4 rings (SSSR count). The smallest absolute Gasteiger partial charge is 0.257 e. The van der Waals surface area contributed by atoms with Gasteiger partial charge in [0.1, 0.15) is 17.7 Å². The highest BCUT2D eigenvalue weighted by atomic mass is 35.5. The van der Waals surface area contributed by atoms with E-state index >= 15 is 0 Å². The molecule has 9 heteroatoms. The summed E-state index contributed by atoms with van der Waals surface area (Å²) in [5, 5.41) is 3.87. The maximum Gasteiger partial charge on any atom is 0.257 e. The molecule has 3 aromatic carbocycles. The van der Waals surface area contributed by atoms with E-state index in [0.717, 1.165) is 10.5 Å². The van der Waals surface area contributed by atoms with Gasteiger partial charge in [0.05, 0.1) is 12.1 Å². The average Bonchev–Trinajstić information content (AvgIpc) is 3.11. The molecule has 2 amide bonds. The molecule has 1 fully saturated rings. The van der Waals surface area contributed by atoms with E-state index in [-0.39, 0.29) is 17.4 Å². The average molecular weight is 500 g/mol. The van der Waals surface area contributed by atoms with Gasteiger partial charge in [0.2, 0.25) is 5.91 Å². The number of imide groups is 1. The number of carbonyl (C=O) groups is 2. The van der Waals surface area contributed by atoms with Crippen molar-refractivity contribution >= 4 is 52.1 Å². The third-order valence-corrected chi connectivity index (χ3v) is 6.08. The van der Waals surface area contributed by atoms with Crippen molar-refractivity contribution in [3.05, 3.63) is 95.0 Å². The second kappa shape index (κ2) is 10.3. The number of anilines is 2. The Morgan fingerprint density at radius 3 is 2.18 bits per heavy atom. The molecule has 1 saturated heterocycles. The van der Waals surface area contributed by atoms with Crippen LogP contribution < -0.4 is 10.2 Å². The molecular formula is C25H20ClF2N3O2S. The summed E-state index contributed by atoms with van der Waals surface area (Å²) in [6, 6.07) is 17.3. The van der Waals surface area contributed by atoms with Crippen molar-refractivity contribution in [2.24, 2.45) is 0 Å². The third-order valence-electron chi connectivity index (χ3n) is 5.49. The lowest BCUT2D eigenvalue weighted by Crippen LogP contribution is -2.48. The number of rotatable bonds is 6. The molecule has 0 saturated carbocycles. The van der Waals surface area contributed by atoms with Crippen LogP contribution in [0.25, 0.3) is 0 Å². The van der Waals surface area contributed by atoms with Crippen LogP contribution >= 0.6 is 23.8 Å². The second-order valence-electron chi connectivity index (χ2n) is 7.77. The summed E-state index contributed by atoms with van der Waals surface area (Å²) in [6.45, 7) is 0.343. The van der Waals surface area contributed by atoms with Crippen LogP contribution in [-0.2, 0) is 16.0 Å². The van der Waals surface area contributed by atoms with Gasteiger partial charge in [0.15, 0.2) is 5.11 Å². The van der Waals surface area contributed by atoms with Crippen LogP contribution in [0.3, 0.4) is 0 Å². The van der Waals surface area contributed by atoms with Gasteiger partial charge >= 0.3 is 0 Å². The van der Waals surface area contributed by atoms with Crippen molar-refractivity contribution < 1.29 is 18.4 Å². The molecule has 1 aliphatic heterocycles. The maximum absolute atomic E-state index is 13.3. The highest BCUT2D eigenvalue weighted by Gasteiger charge is 2.43. The van der Waals surface area contributed by atoms with Gasteiger partial charge in [-0.25, -0.2) is 13.7 Å². The van der Waals surface area contributed by atoms with Crippen molar-refractivity contribution in [2.45, 2.75) is 18.9 Å². The Labute approximate surface area is 205 Å². The zero-order valence-electron chi connectivity index (χ0n) is 17.9. The second-order valence-corrected chi connectivity index (χ2v) is 8.59. The molecule has 5 nitrogen and oxygen atoms in total. The van der Waals surface area contributed by atoms with Gasteiger partial charge in [-0.1, -0.05) is 23.7 Å². The minimum absolute atomic E-state index is 0.0813. The Hall–Kier alpha value is -3.36. The number of thiocarbonyl (C=S) groups is 1. The van der Waals surface area contributed by atoms with E-state index in [0.29, 0.717) is 29.4 Å². The summed E-state index contributed by atoms with van der Waals surface area (Å²) >= 11 is 11.6. The monoisotopic (exact) mass is 499 g/mol. The van der Waals surface area contributed by atoms with Gasteiger partial charge in [-0.3, -0.25) is 9.59 Å². The number of benzene rings is 3. The van der Waals surface area contributed by atoms with E-state index in [2.05, 4.69) is 5.32 Å². The van der Waals surface area contributed by atoms with Gasteiger partial charge in [-0.15, -0.1) is 0 Å². The van der Waals surface area contributed by atoms with Crippen molar-refractivity contribution in [1.29, 1.82) is 0 Å². The highest BCUT2D eigenvalue weighted by Crippen LogP contribution is 2.27. The summed E-state index contributed by atoms with van der Waals surface area (Å²) in [5.41, 5.74) is 1.83. The molecule has 0 radical (unpaired) electrons. The Balaban J connectivity index is 1.58. The maximum atomic E-state index is 13.3. The predicted molar refractivity (Wildman–Crippen MR) is 132 cm³/mol. The molecule has 34 heavy (non-hydrogen) atoms. The molecule has 0 aliphatic carbocycles. The number of nitrogens with zero attached hydrogens (tertiary/aromatic N) is 2. The molecule has 1 aliphatic rings. The predicted octanol–water partition coefficient (Wildman–Crippen LogP) is 5.19. The molecular weight excluding hydrogens is 480 g/mol. The summed E-state index contributed by atoms with van der Waals surface area (Å²) in [6.07, 6.45) is 0.457. The van der Waals surface area contributed by atoms with Crippen molar-refractivity contribution in [3.63, 3.8) is 0 Å². The summed E-state index contributed by atoms with van der Waals surface area (Å²) in [5.74, 6) is -1.70. The first-order valence-electron chi connectivity index (χ1n) is 10.5. The first-order chi connectivity index (χ1) is 16.3. The number of halogens is 3. The summed E-state index contributed by atoms with van der Waals surface area (Å²) < 4.78 is 26.6. The van der Waals surface area contributed by atoms with Crippen molar-refractivity contribution in [1.82, 2.24) is 4.90 Å². The fourth-order valence-electron chi connectivity index (χ4n) is 3.75. The lowest BCUT2D eigenvalue weighted by Gasteiger charge is -2.30. The molecule has 0 bridgehead atoms. The molecule has 174 valence electrons. The highest BCUT2D eigenvalue weighted by molar-refractivity contribution is 7.80.